The van der Waals surface area contributed by atoms with Gasteiger partial charge >= 0.3 is 0 Å². The highest BCUT2D eigenvalue weighted by Gasteiger charge is 2.23. The van der Waals surface area contributed by atoms with Gasteiger partial charge < -0.3 is 0 Å². The van der Waals surface area contributed by atoms with Gasteiger partial charge in [-0.05, 0) is 24.8 Å². The Morgan fingerprint density at radius 3 is 2.89 bits per heavy atom. The van der Waals surface area contributed by atoms with Gasteiger partial charge in [-0.1, -0.05) is 53.9 Å². The first-order chi connectivity index (χ1) is 9.24. The van der Waals surface area contributed by atoms with Crippen molar-refractivity contribution in [3.63, 3.8) is 0 Å². The first kappa shape index (κ1) is 13.3. The van der Waals surface area contributed by atoms with Gasteiger partial charge in [0.05, 0.1) is 10.7 Å². The molecule has 1 aliphatic carbocycles. The van der Waals surface area contributed by atoms with E-state index in [-0.39, 0.29) is 0 Å². The highest BCUT2D eigenvalue weighted by Crippen LogP contribution is 2.39. The normalized spacial score (nSPS) is 23.5. The summed E-state index contributed by atoms with van der Waals surface area (Å²) in [7, 11) is 0. The third kappa shape index (κ3) is 2.92. The molecule has 1 aliphatic rings. The van der Waals surface area contributed by atoms with E-state index in [0.29, 0.717) is 5.92 Å². The Bertz CT molecular complexity index is 563. The summed E-state index contributed by atoms with van der Waals surface area (Å²) in [6.45, 7) is 2.37. The number of halogens is 1. The minimum absolute atomic E-state index is 0.685. The second-order valence-corrected chi connectivity index (χ2v) is 7.26. The molecule has 2 atom stereocenters. The van der Waals surface area contributed by atoms with Crippen LogP contribution in [0.3, 0.4) is 0 Å². The maximum atomic E-state index is 4.89. The third-order valence-electron chi connectivity index (χ3n) is 3.96. The minimum atomic E-state index is 0.685. The lowest BCUT2D eigenvalue weighted by molar-refractivity contribution is 0.343. The van der Waals surface area contributed by atoms with Gasteiger partial charge in [-0.25, -0.2) is 4.98 Å². The molecule has 1 fully saturated rings. The van der Waals surface area contributed by atoms with Gasteiger partial charge in [-0.2, -0.15) is 0 Å². The predicted molar refractivity (Wildman–Crippen MR) is 85.6 cm³/mol. The van der Waals surface area contributed by atoms with Gasteiger partial charge in [-0.15, -0.1) is 11.3 Å². The van der Waals surface area contributed by atoms with E-state index in [4.69, 9.17) is 4.98 Å². The number of aromatic nitrogens is 1. The topological polar surface area (TPSA) is 12.9 Å². The maximum absolute atomic E-state index is 4.89. The Morgan fingerprint density at radius 1 is 1.26 bits per heavy atom. The molecule has 1 heterocycles. The van der Waals surface area contributed by atoms with Crippen LogP contribution in [0.1, 0.15) is 43.5 Å². The number of nitrogens with zero attached hydrogens (tertiary/aromatic N) is 1. The van der Waals surface area contributed by atoms with Crippen LogP contribution >= 0.6 is 27.3 Å². The SMILES string of the molecule is CC1CCCC(c2nc(-c3ccccc3Br)cs2)C1. The highest BCUT2D eigenvalue weighted by atomic mass is 79.9. The minimum Gasteiger partial charge on any atom is -0.241 e. The van der Waals surface area contributed by atoms with Crippen LogP contribution in [0.15, 0.2) is 34.1 Å². The van der Waals surface area contributed by atoms with Crippen molar-refractivity contribution < 1.29 is 0 Å². The van der Waals surface area contributed by atoms with E-state index < -0.39 is 0 Å². The second kappa shape index (κ2) is 5.76. The molecule has 1 nitrogen and oxygen atoms in total. The molecule has 1 aromatic carbocycles. The molecule has 0 radical (unpaired) electrons. The van der Waals surface area contributed by atoms with Crippen LogP contribution in [-0.4, -0.2) is 4.98 Å². The van der Waals surface area contributed by atoms with Crippen molar-refractivity contribution in [2.75, 3.05) is 0 Å². The fourth-order valence-corrected chi connectivity index (χ4v) is 4.38. The molecule has 0 bridgehead atoms. The quantitative estimate of drug-likeness (QED) is 0.669. The Hall–Kier alpha value is -0.670. The zero-order chi connectivity index (χ0) is 13.2. The van der Waals surface area contributed by atoms with E-state index in [0.717, 1.165) is 16.1 Å². The molecule has 0 spiro atoms. The van der Waals surface area contributed by atoms with E-state index in [1.807, 2.05) is 17.4 Å². The zero-order valence-corrected chi connectivity index (χ0v) is 13.5. The largest absolute Gasteiger partial charge is 0.241 e. The third-order valence-corrected chi connectivity index (χ3v) is 5.66. The Labute approximate surface area is 127 Å². The lowest BCUT2D eigenvalue weighted by Crippen LogP contribution is -2.11. The van der Waals surface area contributed by atoms with Crippen LogP contribution in [0.4, 0.5) is 0 Å². The predicted octanol–water partition coefficient (Wildman–Crippen LogP) is 5.87. The van der Waals surface area contributed by atoms with Crippen molar-refractivity contribution in [1.29, 1.82) is 0 Å². The summed E-state index contributed by atoms with van der Waals surface area (Å²) >= 11 is 5.44. The summed E-state index contributed by atoms with van der Waals surface area (Å²) in [5, 5.41) is 3.53. The molecular weight excluding hydrogens is 318 g/mol. The average Bonchev–Trinajstić information content (AvgIpc) is 2.89. The van der Waals surface area contributed by atoms with Crippen molar-refractivity contribution in [3.8, 4) is 11.3 Å². The van der Waals surface area contributed by atoms with Crippen molar-refractivity contribution >= 4 is 27.3 Å². The summed E-state index contributed by atoms with van der Waals surface area (Å²) in [6.07, 6.45) is 5.37. The van der Waals surface area contributed by atoms with E-state index in [9.17, 15) is 0 Å². The fraction of sp³-hybridized carbons (Fsp3) is 0.438. The van der Waals surface area contributed by atoms with Crippen LogP contribution < -0.4 is 0 Å². The average molecular weight is 336 g/mol. The molecule has 1 aromatic heterocycles. The van der Waals surface area contributed by atoms with Crippen molar-refractivity contribution in [2.45, 2.75) is 38.5 Å². The molecular formula is C16H18BrNS. The molecule has 100 valence electrons. The van der Waals surface area contributed by atoms with Crippen LogP contribution in [0, 0.1) is 5.92 Å². The molecule has 2 unspecified atom stereocenters. The molecule has 3 rings (SSSR count). The van der Waals surface area contributed by atoms with Crippen LogP contribution in [-0.2, 0) is 0 Å². The summed E-state index contributed by atoms with van der Waals surface area (Å²) < 4.78 is 1.13. The molecule has 0 aliphatic heterocycles. The summed E-state index contributed by atoms with van der Waals surface area (Å²) in [5.41, 5.74) is 2.32. The number of hydrogen-bond acceptors (Lipinski definition) is 2. The van der Waals surface area contributed by atoms with E-state index >= 15 is 0 Å². The van der Waals surface area contributed by atoms with Gasteiger partial charge in [0.2, 0.25) is 0 Å². The molecule has 3 heteroatoms. The Morgan fingerprint density at radius 2 is 2.11 bits per heavy atom. The van der Waals surface area contributed by atoms with Gasteiger partial charge in [0.1, 0.15) is 0 Å². The smallest absolute Gasteiger partial charge is 0.0963 e. The van der Waals surface area contributed by atoms with Crippen molar-refractivity contribution in [1.82, 2.24) is 4.98 Å². The number of thiazole rings is 1. The maximum Gasteiger partial charge on any atom is 0.0963 e. The Balaban J connectivity index is 1.85. The van der Waals surface area contributed by atoms with Crippen LogP contribution in [0.25, 0.3) is 11.3 Å². The summed E-state index contributed by atoms with van der Waals surface area (Å²) in [5.74, 6) is 1.54. The van der Waals surface area contributed by atoms with Gasteiger partial charge in [-0.3, -0.25) is 0 Å². The standard InChI is InChI=1S/C16H18BrNS/c1-11-5-4-6-12(9-11)16-18-15(10-19-16)13-7-2-3-8-14(13)17/h2-3,7-8,10-12H,4-6,9H2,1H3. The molecule has 1 saturated carbocycles. The summed E-state index contributed by atoms with van der Waals surface area (Å²) in [6, 6.07) is 8.33. The van der Waals surface area contributed by atoms with E-state index in [1.54, 1.807) is 0 Å². The van der Waals surface area contributed by atoms with Crippen molar-refractivity contribution in [2.24, 2.45) is 5.92 Å². The van der Waals surface area contributed by atoms with Gasteiger partial charge in [0.15, 0.2) is 0 Å². The monoisotopic (exact) mass is 335 g/mol. The number of benzene rings is 1. The second-order valence-electron chi connectivity index (χ2n) is 5.52. The molecule has 0 N–H and O–H groups in total. The molecule has 0 amide bonds. The number of rotatable bonds is 2. The van der Waals surface area contributed by atoms with Gasteiger partial charge in [0, 0.05) is 21.3 Å². The fourth-order valence-electron chi connectivity index (χ4n) is 2.93. The first-order valence-corrected chi connectivity index (χ1v) is 8.61. The van der Waals surface area contributed by atoms with Crippen LogP contribution in [0.5, 0.6) is 0 Å². The lowest BCUT2D eigenvalue weighted by Gasteiger charge is -2.24. The highest BCUT2D eigenvalue weighted by molar-refractivity contribution is 9.10. The number of hydrogen-bond donors (Lipinski definition) is 0. The van der Waals surface area contributed by atoms with E-state index in [1.165, 1.54) is 36.3 Å². The van der Waals surface area contributed by atoms with Crippen LogP contribution in [0.2, 0.25) is 0 Å². The zero-order valence-electron chi connectivity index (χ0n) is 11.1. The molecule has 0 saturated heterocycles. The first-order valence-electron chi connectivity index (χ1n) is 6.94. The van der Waals surface area contributed by atoms with E-state index in [2.05, 4.69) is 46.4 Å². The lowest BCUT2D eigenvalue weighted by atomic mass is 9.83. The van der Waals surface area contributed by atoms with Crippen molar-refractivity contribution in [3.05, 3.63) is 39.1 Å². The summed E-state index contributed by atoms with van der Waals surface area (Å²) in [4.78, 5) is 4.89. The molecule has 2 aromatic rings. The van der Waals surface area contributed by atoms with Gasteiger partial charge in [0.25, 0.3) is 0 Å². The Kier molecular flexibility index (Phi) is 4.04. The molecule has 19 heavy (non-hydrogen) atoms.